The van der Waals surface area contributed by atoms with Gasteiger partial charge in [-0.05, 0) is 43.5 Å². The number of methoxy groups -OCH3 is 2. The summed E-state index contributed by atoms with van der Waals surface area (Å²) >= 11 is 0. The second kappa shape index (κ2) is 11.8. The molecule has 1 aliphatic carbocycles. The van der Waals surface area contributed by atoms with Crippen LogP contribution in [0.3, 0.4) is 0 Å². The number of benzene rings is 2. The fourth-order valence-electron chi connectivity index (χ4n) is 4.71. The van der Waals surface area contributed by atoms with Crippen molar-refractivity contribution in [1.29, 1.82) is 0 Å². The number of aryl methyl sites for hydroxylation is 1. The summed E-state index contributed by atoms with van der Waals surface area (Å²) in [5, 5.41) is 0. The summed E-state index contributed by atoms with van der Waals surface area (Å²) in [4.78, 5) is -1.25. The fraction of sp³-hybridized carbons (Fsp3) is 0.385. The average Bonchev–Trinajstić information content (AvgIpc) is 3.31. The number of aromatic nitrogens is 1. The summed E-state index contributed by atoms with van der Waals surface area (Å²) in [6.45, 7) is -2.12. The summed E-state index contributed by atoms with van der Waals surface area (Å²) in [6.07, 6.45) is -10.7. The number of ether oxygens (including phenoxy) is 3. The average molecular weight is 678 g/mol. The van der Waals surface area contributed by atoms with E-state index in [4.69, 9.17) is 13.6 Å². The molecule has 18 heteroatoms. The Kier molecular flexibility index (Phi) is 7.82. The molecule has 2 aromatic carbocycles. The predicted octanol–water partition coefficient (Wildman–Crippen LogP) is 5.60. The first-order valence-corrected chi connectivity index (χ1v) is 15.2. The van der Waals surface area contributed by atoms with Crippen molar-refractivity contribution in [2.75, 3.05) is 18.9 Å². The zero-order valence-corrected chi connectivity index (χ0v) is 24.2. The van der Waals surface area contributed by atoms with Gasteiger partial charge in [0.05, 0.1) is 21.8 Å². The number of sulfonamides is 1. The van der Waals surface area contributed by atoms with Crippen LogP contribution in [0, 0.1) is 6.92 Å². The van der Waals surface area contributed by atoms with Crippen molar-refractivity contribution in [3.63, 3.8) is 0 Å². The number of hydrogen-bond donors (Lipinski definition) is 1. The first kappa shape index (κ1) is 29.2. The van der Waals surface area contributed by atoms with Crippen molar-refractivity contribution in [1.82, 2.24) is 3.97 Å². The number of anilines is 1. The quantitative estimate of drug-likeness (QED) is 0.278. The van der Waals surface area contributed by atoms with Crippen LogP contribution in [0.15, 0.2) is 52.4 Å². The monoisotopic (exact) mass is 677 g/mol. The minimum absolute atomic E-state index is 0.196. The number of nitrogens with zero attached hydrogens (tertiary/aromatic N) is 1. The van der Waals surface area contributed by atoms with Gasteiger partial charge in [0.15, 0.2) is 0 Å². The van der Waals surface area contributed by atoms with Crippen LogP contribution in [0.2, 0.25) is 0 Å². The third-order valence-corrected chi connectivity index (χ3v) is 10.1. The van der Waals surface area contributed by atoms with Crippen molar-refractivity contribution in [3.05, 3.63) is 65.0 Å². The molecule has 1 aromatic heterocycles. The summed E-state index contributed by atoms with van der Waals surface area (Å²) in [6, 6.07) is 5.59. The topological polar surface area (TPSA) is 113 Å². The minimum Gasteiger partial charge on any atom is -0.495 e. The third kappa shape index (κ3) is 6.19. The van der Waals surface area contributed by atoms with E-state index < -0.39 is 109 Å². The van der Waals surface area contributed by atoms with Gasteiger partial charge in [-0.3, -0.25) is 4.72 Å². The second-order valence-corrected chi connectivity index (χ2v) is 13.2. The van der Waals surface area contributed by atoms with Gasteiger partial charge in [0, 0.05) is 31.4 Å². The summed E-state index contributed by atoms with van der Waals surface area (Å²) in [5.74, 6) is -2.28. The van der Waals surface area contributed by atoms with Crippen molar-refractivity contribution < 1.29 is 65.9 Å². The van der Waals surface area contributed by atoms with Crippen LogP contribution >= 0.6 is 0 Å². The molecule has 0 amide bonds. The first-order valence-electron chi connectivity index (χ1n) is 13.8. The molecular weight excluding hydrogens is 649 g/mol. The van der Waals surface area contributed by atoms with Crippen LogP contribution in [-0.2, 0) is 43.8 Å². The van der Waals surface area contributed by atoms with E-state index in [1.807, 2.05) is 4.72 Å². The largest absolute Gasteiger partial charge is 0.495 e. The highest BCUT2D eigenvalue weighted by Gasteiger charge is 2.47. The van der Waals surface area contributed by atoms with Gasteiger partial charge in [-0.25, -0.2) is 29.6 Å². The zero-order chi connectivity index (χ0) is 35.3. The Bertz CT molecular complexity index is 1870. The molecule has 4 rings (SSSR count). The number of alkyl halides is 7. The maximum Gasteiger partial charge on any atom is 0.420 e. The van der Waals surface area contributed by atoms with E-state index in [2.05, 4.69) is 4.74 Å². The van der Waals surface area contributed by atoms with E-state index in [-0.39, 0.29) is 17.7 Å². The summed E-state index contributed by atoms with van der Waals surface area (Å²) in [7, 11) is -12.4. The third-order valence-electron chi connectivity index (χ3n) is 6.95. The molecule has 0 fully saturated rings. The summed E-state index contributed by atoms with van der Waals surface area (Å²) in [5.41, 5.74) is -5.62. The molecule has 0 bridgehead atoms. The van der Waals surface area contributed by atoms with E-state index in [1.165, 1.54) is 12.1 Å². The van der Waals surface area contributed by atoms with Gasteiger partial charge in [-0.1, -0.05) is 17.7 Å². The predicted molar refractivity (Wildman–Crippen MR) is 141 cm³/mol. The number of rotatable bonds is 10. The molecule has 1 N–H and O–H groups in total. The second-order valence-electron chi connectivity index (χ2n) is 9.71. The van der Waals surface area contributed by atoms with E-state index in [1.54, 1.807) is 6.92 Å². The maximum absolute atomic E-state index is 14.4. The standard InChI is InChI=1S/C26H25F7N2O7S2/c1-14-4-6-15(7-5-14)44(38,39)35-13-22(16-8-9-25(41-3,23(27)28)12-19(16)35)43(36,37)34-18-11-20(42-24(29)30)17(26(31,32)33)10-21(18)40-2/h4-7,10-11,13,23-24,34H,8-9,12H2,1-3H3/t25-/m1/s1/i3D3. The zero-order valence-electron chi connectivity index (χ0n) is 25.6. The molecule has 1 atom stereocenters. The lowest BCUT2D eigenvalue weighted by Crippen LogP contribution is -2.45. The van der Waals surface area contributed by atoms with Crippen molar-refractivity contribution in [2.45, 2.75) is 60.8 Å². The number of halogens is 7. The Balaban J connectivity index is 1.93. The van der Waals surface area contributed by atoms with Gasteiger partial charge in [-0.2, -0.15) is 22.0 Å². The molecule has 242 valence electrons. The van der Waals surface area contributed by atoms with Crippen LogP contribution in [0.5, 0.6) is 11.5 Å². The molecular formula is C26H25F7N2O7S2. The van der Waals surface area contributed by atoms with Gasteiger partial charge < -0.3 is 14.2 Å². The lowest BCUT2D eigenvalue weighted by atomic mass is 9.84. The fourth-order valence-corrected chi connectivity index (χ4v) is 7.54. The molecule has 0 aliphatic heterocycles. The number of nitrogens with one attached hydrogen (secondary N) is 1. The molecule has 0 saturated heterocycles. The van der Waals surface area contributed by atoms with E-state index in [0.717, 1.165) is 19.2 Å². The van der Waals surface area contributed by atoms with E-state index >= 15 is 0 Å². The molecule has 0 radical (unpaired) electrons. The smallest absolute Gasteiger partial charge is 0.420 e. The Hall–Kier alpha value is -3.51. The lowest BCUT2D eigenvalue weighted by Gasteiger charge is -2.35. The molecule has 44 heavy (non-hydrogen) atoms. The highest BCUT2D eigenvalue weighted by molar-refractivity contribution is 7.93. The molecule has 0 saturated carbocycles. The van der Waals surface area contributed by atoms with Gasteiger partial charge >= 0.3 is 12.8 Å². The number of hydrogen-bond acceptors (Lipinski definition) is 7. The maximum atomic E-state index is 14.4. The molecule has 1 aliphatic rings. The van der Waals surface area contributed by atoms with Crippen molar-refractivity contribution >= 4 is 25.7 Å². The van der Waals surface area contributed by atoms with Crippen LogP contribution in [-0.4, -0.2) is 53.6 Å². The van der Waals surface area contributed by atoms with Gasteiger partial charge in [0.25, 0.3) is 26.5 Å². The van der Waals surface area contributed by atoms with Crippen LogP contribution in [0.1, 0.15) is 32.9 Å². The Morgan fingerprint density at radius 1 is 1.05 bits per heavy atom. The molecule has 0 unspecified atom stereocenters. The summed E-state index contributed by atoms with van der Waals surface area (Å²) < 4.78 is 188. The van der Waals surface area contributed by atoms with Gasteiger partial charge in [-0.15, -0.1) is 0 Å². The molecule has 3 aromatic rings. The Morgan fingerprint density at radius 2 is 1.70 bits per heavy atom. The Morgan fingerprint density at radius 3 is 2.25 bits per heavy atom. The van der Waals surface area contributed by atoms with Gasteiger partial charge in [0.1, 0.15) is 27.6 Å². The minimum atomic E-state index is -5.25. The van der Waals surface area contributed by atoms with Crippen molar-refractivity contribution in [3.8, 4) is 11.5 Å². The van der Waals surface area contributed by atoms with Crippen molar-refractivity contribution in [2.24, 2.45) is 0 Å². The van der Waals surface area contributed by atoms with E-state index in [9.17, 15) is 47.6 Å². The normalized spacial score (nSPS) is 18.8. The van der Waals surface area contributed by atoms with Gasteiger partial charge in [0.2, 0.25) is 0 Å². The molecule has 9 nitrogen and oxygen atoms in total. The highest BCUT2D eigenvalue weighted by Crippen LogP contribution is 2.44. The lowest BCUT2D eigenvalue weighted by molar-refractivity contribution is -0.142. The van der Waals surface area contributed by atoms with Crippen LogP contribution < -0.4 is 14.2 Å². The Labute approximate surface area is 251 Å². The SMILES string of the molecule is [2H]C([2H])([2H])O[C@]1(C(F)F)CCc2c(S(=O)(=O)Nc3cc(OC(F)F)c(C(F)(F)F)cc3OC)cn(S(=O)(=O)c3ccc(C)cc3)c2C1. The first-order chi connectivity index (χ1) is 21.5. The highest BCUT2D eigenvalue weighted by atomic mass is 32.2. The molecule has 0 spiro atoms. The van der Waals surface area contributed by atoms with E-state index in [0.29, 0.717) is 15.7 Å². The van der Waals surface area contributed by atoms with Crippen LogP contribution in [0.25, 0.3) is 0 Å². The molecule has 1 heterocycles. The van der Waals surface area contributed by atoms with Crippen LogP contribution in [0.4, 0.5) is 36.4 Å². The number of fused-ring (bicyclic) bond motifs is 1.